The normalized spacial score (nSPS) is 19.0. The number of amides is 2. The fourth-order valence-electron chi connectivity index (χ4n) is 3.41. The zero-order valence-electron chi connectivity index (χ0n) is 16.5. The van der Waals surface area contributed by atoms with E-state index in [1.165, 1.54) is 17.3 Å². The van der Waals surface area contributed by atoms with Crippen LogP contribution < -0.4 is 20.8 Å². The number of allylic oxidation sites excluding steroid dienone is 1. The summed E-state index contributed by atoms with van der Waals surface area (Å²) >= 11 is 1.25. The minimum absolute atomic E-state index is 0.0408. The fraction of sp³-hybridized carbons (Fsp3) is 0.227. The smallest absolute Gasteiger partial charge is 0.240 e. The van der Waals surface area contributed by atoms with E-state index in [-0.39, 0.29) is 18.2 Å². The van der Waals surface area contributed by atoms with E-state index in [4.69, 9.17) is 4.74 Å². The first-order chi connectivity index (χ1) is 14.6. The van der Waals surface area contributed by atoms with Crippen LogP contribution in [0.5, 0.6) is 5.75 Å². The van der Waals surface area contributed by atoms with Gasteiger partial charge in [0.15, 0.2) is 5.17 Å². The predicted molar refractivity (Wildman–Crippen MR) is 119 cm³/mol. The van der Waals surface area contributed by atoms with Gasteiger partial charge in [0.05, 0.1) is 18.5 Å². The van der Waals surface area contributed by atoms with Crippen LogP contribution in [0, 0.1) is 0 Å². The first-order valence-electron chi connectivity index (χ1n) is 9.66. The van der Waals surface area contributed by atoms with Crippen LogP contribution in [-0.2, 0) is 16.0 Å². The summed E-state index contributed by atoms with van der Waals surface area (Å²) < 4.78 is 5.24. The van der Waals surface area contributed by atoms with Crippen LogP contribution in [0.3, 0.4) is 0 Å². The molecule has 0 unspecified atom stereocenters. The maximum atomic E-state index is 12.4. The third-order valence-electron chi connectivity index (χ3n) is 4.88. The molecule has 0 bridgehead atoms. The number of anilines is 1. The number of thioether (sulfide) groups is 1. The number of amidine groups is 1. The third-order valence-corrected chi connectivity index (χ3v) is 5.96. The lowest BCUT2D eigenvalue weighted by molar-refractivity contribution is -0.122. The topological polar surface area (TPSA) is 91.8 Å². The van der Waals surface area contributed by atoms with Crippen molar-refractivity contribution in [3.63, 3.8) is 0 Å². The van der Waals surface area contributed by atoms with E-state index in [1.807, 2.05) is 24.3 Å². The molecule has 30 heavy (non-hydrogen) atoms. The Morgan fingerprint density at radius 2 is 2.03 bits per heavy atom. The Bertz CT molecular complexity index is 1030. The van der Waals surface area contributed by atoms with Gasteiger partial charge in [-0.3, -0.25) is 15.0 Å². The van der Waals surface area contributed by atoms with Crippen LogP contribution in [0.15, 0.2) is 59.7 Å². The molecule has 1 heterocycles. The number of carbonyl (C=O) groups excluding carboxylic acids is 2. The van der Waals surface area contributed by atoms with Crippen molar-refractivity contribution in [2.45, 2.75) is 24.5 Å². The van der Waals surface area contributed by atoms with Gasteiger partial charge in [0.25, 0.3) is 0 Å². The molecule has 154 valence electrons. The number of nitrogens with zero attached hydrogens (tertiary/aromatic N) is 1. The van der Waals surface area contributed by atoms with E-state index in [1.54, 1.807) is 19.2 Å². The number of hydrogen-bond donors (Lipinski definition) is 3. The van der Waals surface area contributed by atoms with Crippen molar-refractivity contribution in [3.8, 4) is 5.75 Å². The zero-order valence-corrected chi connectivity index (χ0v) is 17.3. The van der Waals surface area contributed by atoms with Crippen LogP contribution in [0.1, 0.15) is 24.0 Å². The number of ether oxygens (including phenoxy) is 1. The summed E-state index contributed by atoms with van der Waals surface area (Å²) in [5.74, 6) is 0.0842. The van der Waals surface area contributed by atoms with Crippen molar-refractivity contribution < 1.29 is 14.3 Å². The Labute approximate surface area is 179 Å². The van der Waals surface area contributed by atoms with Gasteiger partial charge in [-0.1, -0.05) is 54.2 Å². The highest BCUT2D eigenvalue weighted by Gasteiger charge is 2.32. The number of methoxy groups -OCH3 is 1. The SMILES string of the molecule is COc1ccccc1NC(=O)C[C@H]1S/C(=N\NC2=CCCc3ccccc32)NC1=O. The number of rotatable bonds is 6. The lowest BCUT2D eigenvalue weighted by Gasteiger charge is -2.16. The summed E-state index contributed by atoms with van der Waals surface area (Å²) in [5.41, 5.74) is 6.96. The summed E-state index contributed by atoms with van der Waals surface area (Å²) in [4.78, 5) is 24.7. The van der Waals surface area contributed by atoms with Gasteiger partial charge in [-0.05, 0) is 30.5 Å². The first kappa shape index (κ1) is 20.0. The largest absolute Gasteiger partial charge is 0.495 e. The van der Waals surface area contributed by atoms with E-state index in [2.05, 4.69) is 39.4 Å². The third kappa shape index (κ3) is 4.49. The van der Waals surface area contributed by atoms with Crippen LogP contribution in [0.25, 0.3) is 5.70 Å². The molecule has 0 radical (unpaired) electrons. The molecule has 0 spiro atoms. The number of hydrogen-bond acceptors (Lipinski definition) is 6. The maximum absolute atomic E-state index is 12.4. The first-order valence-corrected chi connectivity index (χ1v) is 10.5. The fourth-order valence-corrected chi connectivity index (χ4v) is 4.34. The predicted octanol–water partition coefficient (Wildman–Crippen LogP) is 3.10. The van der Waals surface area contributed by atoms with E-state index in [9.17, 15) is 9.59 Å². The van der Waals surface area contributed by atoms with E-state index >= 15 is 0 Å². The van der Waals surface area contributed by atoms with Gasteiger partial charge in [0.2, 0.25) is 11.8 Å². The van der Waals surface area contributed by atoms with Crippen molar-refractivity contribution in [2.75, 3.05) is 12.4 Å². The molecule has 1 aliphatic carbocycles. The summed E-state index contributed by atoms with van der Waals surface area (Å²) in [6.45, 7) is 0. The van der Waals surface area contributed by atoms with E-state index in [0.717, 1.165) is 24.1 Å². The standard InChI is InChI=1S/C22H22N4O3S/c1-29-18-12-5-4-10-17(18)23-20(27)13-19-21(28)24-22(30-19)26-25-16-11-6-8-14-7-2-3-9-15(14)16/h2-5,7,9-12,19,25H,6,8,13H2,1H3,(H,23,27)(H,24,26,28)/t19-/m1/s1. The second-order valence-corrected chi connectivity index (χ2v) is 8.08. The number of hydrazone groups is 1. The summed E-state index contributed by atoms with van der Waals surface area (Å²) in [6.07, 6.45) is 4.09. The average Bonchev–Trinajstić information content (AvgIpc) is 3.11. The van der Waals surface area contributed by atoms with E-state index in [0.29, 0.717) is 16.6 Å². The Kier molecular flexibility index (Phi) is 6.04. The number of benzene rings is 2. The van der Waals surface area contributed by atoms with Gasteiger partial charge < -0.3 is 15.4 Å². The van der Waals surface area contributed by atoms with Crippen molar-refractivity contribution in [1.82, 2.24) is 10.7 Å². The summed E-state index contributed by atoms with van der Waals surface area (Å²) in [5, 5.41) is 9.80. The van der Waals surface area contributed by atoms with E-state index < -0.39 is 5.25 Å². The van der Waals surface area contributed by atoms with Gasteiger partial charge in [-0.25, -0.2) is 0 Å². The van der Waals surface area contributed by atoms with Gasteiger partial charge in [-0.2, -0.15) is 0 Å². The Balaban J connectivity index is 1.36. The molecule has 2 aliphatic rings. The molecule has 2 aromatic carbocycles. The molecule has 1 aliphatic heterocycles. The minimum atomic E-state index is -0.534. The molecule has 1 atom stereocenters. The molecule has 3 N–H and O–H groups in total. The van der Waals surface area contributed by atoms with Gasteiger partial charge in [0.1, 0.15) is 11.0 Å². The number of para-hydroxylation sites is 2. The molecule has 0 aromatic heterocycles. The summed E-state index contributed by atoms with van der Waals surface area (Å²) in [7, 11) is 1.54. The van der Waals surface area contributed by atoms with Crippen molar-refractivity contribution >= 4 is 40.1 Å². The minimum Gasteiger partial charge on any atom is -0.495 e. The second kappa shape index (κ2) is 9.04. The van der Waals surface area contributed by atoms with Gasteiger partial charge in [0, 0.05) is 12.0 Å². The molecule has 0 saturated carbocycles. The Morgan fingerprint density at radius 3 is 2.90 bits per heavy atom. The van der Waals surface area contributed by atoms with Crippen LogP contribution in [-0.4, -0.2) is 29.3 Å². The Hall–Kier alpha value is -3.26. The van der Waals surface area contributed by atoms with Crippen LogP contribution >= 0.6 is 11.8 Å². The van der Waals surface area contributed by atoms with Gasteiger partial charge in [-0.15, -0.1) is 5.10 Å². The van der Waals surface area contributed by atoms with Crippen molar-refractivity contribution in [3.05, 3.63) is 65.7 Å². The second-order valence-electron chi connectivity index (χ2n) is 6.89. The maximum Gasteiger partial charge on any atom is 0.240 e. The molecule has 4 rings (SSSR count). The lowest BCUT2D eigenvalue weighted by Crippen LogP contribution is -2.28. The molecule has 1 fully saturated rings. The molecule has 1 saturated heterocycles. The number of fused-ring (bicyclic) bond motifs is 1. The molecule has 7 nitrogen and oxygen atoms in total. The number of carbonyl (C=O) groups is 2. The highest BCUT2D eigenvalue weighted by Crippen LogP contribution is 2.27. The average molecular weight is 423 g/mol. The zero-order chi connectivity index (χ0) is 20.9. The van der Waals surface area contributed by atoms with Crippen LogP contribution in [0.4, 0.5) is 5.69 Å². The highest BCUT2D eigenvalue weighted by molar-refractivity contribution is 8.15. The summed E-state index contributed by atoms with van der Waals surface area (Å²) in [6, 6.07) is 15.3. The van der Waals surface area contributed by atoms with Gasteiger partial charge >= 0.3 is 0 Å². The molecular weight excluding hydrogens is 400 g/mol. The van der Waals surface area contributed by atoms with Crippen molar-refractivity contribution in [1.29, 1.82) is 0 Å². The monoisotopic (exact) mass is 422 g/mol. The quantitative estimate of drug-likeness (QED) is 0.622. The number of nitrogens with one attached hydrogen (secondary N) is 3. The molecular formula is C22H22N4O3S. The Morgan fingerprint density at radius 1 is 1.23 bits per heavy atom. The molecule has 2 amide bonds. The molecule has 2 aromatic rings. The van der Waals surface area contributed by atoms with Crippen LogP contribution in [0.2, 0.25) is 0 Å². The number of aryl methyl sites for hydroxylation is 1. The molecule has 8 heteroatoms. The lowest BCUT2D eigenvalue weighted by atomic mass is 9.95. The highest BCUT2D eigenvalue weighted by atomic mass is 32.2. The van der Waals surface area contributed by atoms with Crippen molar-refractivity contribution in [2.24, 2.45) is 5.10 Å².